The fourth-order valence-electron chi connectivity index (χ4n) is 9.60. The molecule has 0 unspecified atom stereocenters. The molecular weight excluding hydrogens is 1480 g/mol. The number of fused-ring (bicyclic) bond motifs is 2. The second-order valence-corrected chi connectivity index (χ2v) is 25.3. The Kier molecular flexibility index (Phi) is 36.6. The highest BCUT2D eigenvalue weighted by atomic mass is 32.2. The average Bonchev–Trinajstić information content (AvgIpc) is 0.788. The van der Waals surface area contributed by atoms with E-state index < -0.39 is 95.3 Å². The van der Waals surface area contributed by atoms with E-state index in [2.05, 4.69) is 63.7 Å². The molecule has 0 aliphatic carbocycles. The summed E-state index contributed by atoms with van der Waals surface area (Å²) in [6, 6.07) is 20.1. The first kappa shape index (κ1) is 87.4. The van der Waals surface area contributed by atoms with Gasteiger partial charge in [-0.25, -0.2) is 26.3 Å². The zero-order chi connectivity index (χ0) is 78.2. The van der Waals surface area contributed by atoms with Gasteiger partial charge in [-0.15, -0.1) is 35.3 Å². The number of piperidine rings is 2. The summed E-state index contributed by atoms with van der Waals surface area (Å²) in [7, 11) is 0. The number of nitrogens with two attached hydrogens (primary N) is 1. The molecule has 0 spiro atoms. The van der Waals surface area contributed by atoms with Crippen molar-refractivity contribution in [1.29, 1.82) is 0 Å². The predicted octanol–water partition coefficient (Wildman–Crippen LogP) is 13.3. The van der Waals surface area contributed by atoms with Crippen LogP contribution in [0.2, 0.25) is 0 Å². The van der Waals surface area contributed by atoms with Crippen LogP contribution in [0.25, 0.3) is 0 Å². The maximum Gasteiger partial charge on any atom is 0.316 e. The Hall–Kier alpha value is -9.99. The number of rotatable bonds is 18. The molecule has 4 aliphatic heterocycles. The zero-order valence-corrected chi connectivity index (χ0v) is 60.3. The van der Waals surface area contributed by atoms with Crippen molar-refractivity contribution in [3.63, 3.8) is 0 Å². The third-order valence-corrected chi connectivity index (χ3v) is 18.4. The summed E-state index contributed by atoms with van der Waals surface area (Å²) in [5.41, 5.74) is 6.70. The Balaban J connectivity index is 0.000000273. The van der Waals surface area contributed by atoms with E-state index in [1.165, 1.54) is 49.2 Å². The number of thioether (sulfide) groups is 3. The number of nitro benzene ring substituents is 4. The van der Waals surface area contributed by atoms with Crippen molar-refractivity contribution in [2.24, 2.45) is 11.8 Å². The van der Waals surface area contributed by atoms with Crippen molar-refractivity contribution >= 4 is 140 Å². The second kappa shape index (κ2) is 44.0. The molecule has 4 aliphatic rings. The number of aliphatic carboxylic acids is 1. The first-order valence-corrected chi connectivity index (χ1v) is 35.4. The number of carboxylic acid groups (broad SMARTS) is 1. The van der Waals surface area contributed by atoms with Crippen LogP contribution < -0.4 is 31.5 Å². The summed E-state index contributed by atoms with van der Waals surface area (Å²) in [6.07, 6.45) is 1.83. The van der Waals surface area contributed by atoms with Crippen LogP contribution in [0.3, 0.4) is 0 Å². The maximum atomic E-state index is 13.5. The summed E-state index contributed by atoms with van der Waals surface area (Å²) in [5, 5.41) is 58.9. The van der Waals surface area contributed by atoms with Gasteiger partial charge in [0.2, 0.25) is 23.5 Å². The molecule has 6 aromatic carbocycles. The number of nitrogens with zero attached hydrogens (tertiary/aromatic N) is 7. The number of carbonyl (C=O) groups is 6. The van der Waals surface area contributed by atoms with Crippen molar-refractivity contribution in [2.45, 2.75) is 75.0 Å². The molecule has 0 saturated carbocycles. The molecule has 568 valence electrons. The number of carboxylic acids is 1. The molecule has 28 nitrogen and oxygen atoms in total. The molecule has 6 N–H and O–H groups in total. The van der Waals surface area contributed by atoms with Crippen LogP contribution in [0.5, 0.6) is 0 Å². The molecular formula is C66H74F7N11O17S4. The van der Waals surface area contributed by atoms with E-state index in [4.69, 9.17) is 10.8 Å². The van der Waals surface area contributed by atoms with Crippen LogP contribution >= 0.6 is 47.9 Å². The number of anilines is 6. The Morgan fingerprint density at radius 2 is 1.02 bits per heavy atom. The van der Waals surface area contributed by atoms with E-state index in [1.54, 1.807) is 41.8 Å². The Labute approximate surface area is 614 Å². The number of ether oxygens (including phenoxy) is 2. The van der Waals surface area contributed by atoms with Crippen molar-refractivity contribution in [1.82, 2.24) is 4.90 Å². The van der Waals surface area contributed by atoms with Crippen LogP contribution in [0.4, 0.5) is 87.6 Å². The van der Waals surface area contributed by atoms with Crippen molar-refractivity contribution in [3.05, 3.63) is 178 Å². The number of carbonyl (C=O) groups excluding carboxylic acids is 5. The summed E-state index contributed by atoms with van der Waals surface area (Å²) in [4.78, 5) is 113. The van der Waals surface area contributed by atoms with Gasteiger partial charge in [0, 0.05) is 101 Å². The largest absolute Gasteiger partial charge is 0.481 e. The number of hydrogen-bond donors (Lipinski definition) is 6. The molecule has 6 aromatic rings. The number of amides is 3. The molecule has 10 rings (SSSR count). The van der Waals surface area contributed by atoms with Gasteiger partial charge in [-0.1, -0.05) is 20.8 Å². The van der Waals surface area contributed by atoms with E-state index in [-0.39, 0.29) is 69.7 Å². The van der Waals surface area contributed by atoms with Crippen molar-refractivity contribution in [3.8, 4) is 0 Å². The van der Waals surface area contributed by atoms with Gasteiger partial charge in [0.15, 0.2) is 34.9 Å². The lowest BCUT2D eigenvalue weighted by molar-refractivity contribution is -0.396. The van der Waals surface area contributed by atoms with Gasteiger partial charge in [0.25, 0.3) is 17.1 Å². The van der Waals surface area contributed by atoms with Gasteiger partial charge in [0.1, 0.15) is 0 Å². The minimum Gasteiger partial charge on any atom is -0.481 e. The van der Waals surface area contributed by atoms with Crippen LogP contribution in [0.1, 0.15) is 60.3 Å². The Bertz CT molecular complexity index is 4020. The molecule has 105 heavy (non-hydrogen) atoms. The van der Waals surface area contributed by atoms with E-state index in [1.807, 2.05) is 18.2 Å². The minimum absolute atomic E-state index is 0.0399. The molecule has 0 aromatic heterocycles. The second-order valence-electron chi connectivity index (χ2n) is 21.9. The van der Waals surface area contributed by atoms with Crippen LogP contribution in [-0.2, 0) is 38.2 Å². The van der Waals surface area contributed by atoms with Crippen molar-refractivity contribution in [2.75, 3.05) is 114 Å². The van der Waals surface area contributed by atoms with Crippen LogP contribution in [-0.4, -0.2) is 147 Å². The number of benzene rings is 6. The standard InChI is InChI=1S/C20H18F3N3O2S.C12H12F3NO2.C10H10N2O6S.C8H8N2OS.C6H3FN2O4.C6H15N.C4H8O2S/c21-14-8-13(9-15(22)19(14)23)26-5-3-11(4-6-26)20(28)24-12-1-2-17-16(7-12)25-18(27)10-29-17;13-9-5-8(6-10(14)11(9)15)16-3-1-7(2-4-16)12(17)18;1-2-18-10(13)6-19-9-4-3-7(11(14)15)5-8(9)12(16)17;9-5-1-2-7-6(3-5)10-8(11)4-12-7;7-5-2-1-4(8(10)11)3-6(5)9(12)13;1-4-7(5-2)6-3;1-2-6-4(5)3-7/h1-2,7-9,11H,3-6,10H2,(H,24,28)(H,25,27);5-7H,1-4H2,(H,17,18);3-5H,2,6H2,1H3;1-3H,4,9H2,(H,10,11);1-3H;4-6H2,1-3H3;7H,2-3H2,1H3. The fourth-order valence-corrected chi connectivity index (χ4v) is 12.1. The summed E-state index contributed by atoms with van der Waals surface area (Å²) in [6.45, 7) is 15.8. The molecule has 2 saturated heterocycles. The Morgan fingerprint density at radius 3 is 1.43 bits per heavy atom. The Morgan fingerprint density at radius 1 is 0.590 bits per heavy atom. The monoisotopic (exact) mass is 1550 g/mol. The first-order chi connectivity index (χ1) is 49.8. The number of non-ortho nitro benzene ring substituents is 2. The van der Waals surface area contributed by atoms with Gasteiger partial charge in [0.05, 0.1) is 90.2 Å². The zero-order valence-electron chi connectivity index (χ0n) is 56.9. The fraction of sp³-hybridized carbons (Fsp3) is 0.364. The van der Waals surface area contributed by atoms with Gasteiger partial charge < -0.3 is 51.0 Å². The number of nitrogens with one attached hydrogen (secondary N) is 3. The topological polar surface area (TPSA) is 385 Å². The number of esters is 2. The molecule has 39 heteroatoms. The number of hydrogen-bond acceptors (Lipinski definition) is 24. The van der Waals surface area contributed by atoms with Crippen LogP contribution in [0, 0.1) is 93.0 Å². The lowest BCUT2D eigenvalue weighted by atomic mass is 9.95. The highest BCUT2D eigenvalue weighted by Gasteiger charge is 2.29. The van der Waals surface area contributed by atoms with Crippen LogP contribution in [0.15, 0.2) is 112 Å². The number of nitrogen functional groups attached to an aromatic ring is 1. The van der Waals surface area contributed by atoms with Crippen molar-refractivity contribution < 1.29 is 93.8 Å². The molecule has 3 amide bonds. The lowest BCUT2D eigenvalue weighted by Crippen LogP contribution is -2.38. The maximum absolute atomic E-state index is 13.5. The van der Waals surface area contributed by atoms with Gasteiger partial charge in [-0.05, 0) is 108 Å². The van der Waals surface area contributed by atoms with Gasteiger partial charge >= 0.3 is 23.6 Å². The number of nitro groups is 4. The molecule has 4 heterocycles. The highest BCUT2D eigenvalue weighted by Crippen LogP contribution is 2.37. The summed E-state index contributed by atoms with van der Waals surface area (Å²) >= 11 is 7.56. The molecule has 2 fully saturated rings. The SMILES string of the molecule is CCN(CC)CC.CCOC(=O)CS.CCOC(=O)CSc1ccc([N+](=O)[O-])cc1[N+](=O)[O-].Nc1ccc2c(c1)NC(=O)CS2.O=C(O)C1CCN(c2cc(F)c(F)c(F)c2)CC1.O=C1CSc2ccc(NC(=O)C3CCN(c4cc(F)c(F)c(F)c4)CC3)cc2N1.O=[N+]([O-])c1ccc(F)c([N+](=O)[O-])c1. The minimum atomic E-state index is -1.49. The van der Waals surface area contributed by atoms with E-state index in [0.717, 1.165) is 69.7 Å². The van der Waals surface area contributed by atoms with Gasteiger partial charge in [-0.3, -0.25) is 69.2 Å². The smallest absolute Gasteiger partial charge is 0.316 e. The lowest BCUT2D eigenvalue weighted by Gasteiger charge is -2.33. The van der Waals surface area contributed by atoms with Gasteiger partial charge in [-0.2, -0.15) is 17.0 Å². The normalized spacial score (nSPS) is 13.5. The molecule has 0 atom stereocenters. The average molecular weight is 1550 g/mol. The third-order valence-electron chi connectivity index (χ3n) is 15.0. The summed E-state index contributed by atoms with van der Waals surface area (Å²) < 4.78 is 101. The predicted molar refractivity (Wildman–Crippen MR) is 386 cm³/mol. The number of halogens is 7. The molecule has 0 radical (unpaired) electrons. The number of thiol groups is 1. The third kappa shape index (κ3) is 28.5. The quantitative estimate of drug-likeness (QED) is 0.00680. The molecule has 0 bridgehead atoms. The highest BCUT2D eigenvalue weighted by molar-refractivity contribution is 8.00. The van der Waals surface area contributed by atoms with E-state index >= 15 is 0 Å². The van der Waals surface area contributed by atoms with E-state index in [0.29, 0.717) is 99.2 Å². The van der Waals surface area contributed by atoms with E-state index in [9.17, 15) is 100.0 Å². The summed E-state index contributed by atoms with van der Waals surface area (Å²) in [5.74, 6) is -10.5. The first-order valence-electron chi connectivity index (χ1n) is 31.8.